The van der Waals surface area contributed by atoms with E-state index in [1.165, 1.54) is 39.0 Å². The van der Waals surface area contributed by atoms with Crippen LogP contribution in [0, 0.1) is 5.92 Å². The molecule has 2 amide bonds. The Bertz CT molecular complexity index is 520. The lowest BCUT2D eigenvalue weighted by molar-refractivity contribution is -0.128. The number of nitrogens with zero attached hydrogens (tertiary/aromatic N) is 2. The van der Waals surface area contributed by atoms with Crippen molar-refractivity contribution >= 4 is 11.8 Å². The molecule has 6 heteroatoms. The molecule has 0 bridgehead atoms. The molecule has 0 aromatic carbocycles. The summed E-state index contributed by atoms with van der Waals surface area (Å²) in [5, 5.41) is 5.76. The van der Waals surface area contributed by atoms with E-state index in [1.54, 1.807) is 12.5 Å². The number of hydrogen-bond donors (Lipinski definition) is 2. The second kappa shape index (κ2) is 8.70. The van der Waals surface area contributed by atoms with Gasteiger partial charge in [-0.1, -0.05) is 32.1 Å². The van der Waals surface area contributed by atoms with E-state index in [9.17, 15) is 9.59 Å². The predicted molar refractivity (Wildman–Crippen MR) is 88.7 cm³/mol. The number of imidazole rings is 1. The third-order valence-corrected chi connectivity index (χ3v) is 4.58. The molecule has 1 atom stereocenters. The van der Waals surface area contributed by atoms with Crippen molar-refractivity contribution in [3.63, 3.8) is 0 Å². The number of hydrogen-bond acceptors (Lipinski definition) is 3. The van der Waals surface area contributed by atoms with Crippen molar-refractivity contribution < 1.29 is 9.59 Å². The van der Waals surface area contributed by atoms with Gasteiger partial charge in [0.05, 0.1) is 6.33 Å². The molecule has 128 valence electrons. The minimum absolute atomic E-state index is 0.0760. The first-order valence-corrected chi connectivity index (χ1v) is 8.56. The Morgan fingerprint density at radius 1 is 1.35 bits per heavy atom. The molecule has 0 radical (unpaired) electrons. The summed E-state index contributed by atoms with van der Waals surface area (Å²) in [7, 11) is 1.94. The Kier molecular flexibility index (Phi) is 6.62. The van der Waals surface area contributed by atoms with Crippen LogP contribution in [0.15, 0.2) is 12.5 Å². The number of carbonyl (C=O) groups is 2. The topological polar surface area (TPSA) is 76.0 Å². The summed E-state index contributed by atoms with van der Waals surface area (Å²) in [6.07, 6.45) is 11.1. The van der Waals surface area contributed by atoms with Crippen LogP contribution in [0.4, 0.5) is 0 Å². The van der Waals surface area contributed by atoms with Crippen molar-refractivity contribution in [1.29, 1.82) is 0 Å². The molecule has 1 fully saturated rings. The second-order valence-electron chi connectivity index (χ2n) is 6.53. The molecule has 1 saturated carbocycles. The Hall–Kier alpha value is -1.85. The number of nitrogens with one attached hydrogen (secondary N) is 2. The van der Waals surface area contributed by atoms with Gasteiger partial charge in [-0.3, -0.25) is 9.59 Å². The molecule has 23 heavy (non-hydrogen) atoms. The largest absolute Gasteiger partial charge is 0.354 e. The van der Waals surface area contributed by atoms with Crippen LogP contribution >= 0.6 is 0 Å². The van der Waals surface area contributed by atoms with Gasteiger partial charge < -0.3 is 15.2 Å². The van der Waals surface area contributed by atoms with E-state index in [0.717, 1.165) is 18.5 Å². The molecule has 0 spiro atoms. The van der Waals surface area contributed by atoms with Crippen molar-refractivity contribution in [3.05, 3.63) is 18.2 Å². The number of aryl methyl sites for hydroxylation is 1. The first-order chi connectivity index (χ1) is 11.1. The Balaban J connectivity index is 1.82. The van der Waals surface area contributed by atoms with E-state index in [4.69, 9.17) is 0 Å². The van der Waals surface area contributed by atoms with Gasteiger partial charge in [0.15, 0.2) is 0 Å². The average Bonchev–Trinajstić information content (AvgIpc) is 2.92. The minimum atomic E-state index is -0.415. The van der Waals surface area contributed by atoms with Gasteiger partial charge in [-0.2, -0.15) is 0 Å². The maximum absolute atomic E-state index is 12.4. The number of carbonyl (C=O) groups excluding carboxylic acids is 2. The van der Waals surface area contributed by atoms with E-state index in [0.29, 0.717) is 12.5 Å². The fraction of sp³-hybridized carbons (Fsp3) is 0.706. The minimum Gasteiger partial charge on any atom is -0.354 e. The highest BCUT2D eigenvalue weighted by molar-refractivity contribution is 5.86. The molecule has 1 heterocycles. The lowest BCUT2D eigenvalue weighted by Crippen LogP contribution is -2.47. The molecule has 6 nitrogen and oxygen atoms in total. The van der Waals surface area contributed by atoms with Crippen LogP contribution in [0.1, 0.15) is 51.1 Å². The molecular formula is C17H28N4O2. The van der Waals surface area contributed by atoms with Crippen LogP contribution < -0.4 is 10.6 Å². The standard InChI is InChI=1S/C17H28N4O2/c1-13(22)20-16(10-14-6-4-3-5-7-14)17(23)19-9-8-15-11-18-12-21(15)2/h11-12,14,16H,3-10H2,1-2H3,(H,19,23)(H,20,22). The molecular weight excluding hydrogens is 292 g/mol. The molecule has 0 saturated heterocycles. The van der Waals surface area contributed by atoms with Crippen LogP contribution in [-0.2, 0) is 23.1 Å². The van der Waals surface area contributed by atoms with Crippen LogP contribution in [-0.4, -0.2) is 34.0 Å². The highest BCUT2D eigenvalue weighted by atomic mass is 16.2. The molecule has 2 N–H and O–H groups in total. The van der Waals surface area contributed by atoms with Crippen molar-refractivity contribution in [2.75, 3.05) is 6.54 Å². The van der Waals surface area contributed by atoms with E-state index in [-0.39, 0.29) is 11.8 Å². The lowest BCUT2D eigenvalue weighted by atomic mass is 9.84. The molecule has 2 rings (SSSR count). The summed E-state index contributed by atoms with van der Waals surface area (Å²) in [5.41, 5.74) is 1.08. The number of amides is 2. The van der Waals surface area contributed by atoms with Crippen LogP contribution in [0.25, 0.3) is 0 Å². The quantitative estimate of drug-likeness (QED) is 0.800. The van der Waals surface area contributed by atoms with Gasteiger partial charge in [-0.25, -0.2) is 4.98 Å². The second-order valence-corrected chi connectivity index (χ2v) is 6.53. The molecule has 1 aromatic rings. The van der Waals surface area contributed by atoms with E-state index < -0.39 is 6.04 Å². The van der Waals surface area contributed by atoms with Gasteiger partial charge in [0, 0.05) is 38.8 Å². The smallest absolute Gasteiger partial charge is 0.242 e. The molecule has 0 aliphatic heterocycles. The van der Waals surface area contributed by atoms with Crippen LogP contribution in [0.3, 0.4) is 0 Å². The third kappa shape index (κ3) is 5.69. The van der Waals surface area contributed by atoms with Gasteiger partial charge in [0.1, 0.15) is 6.04 Å². The summed E-state index contributed by atoms with van der Waals surface area (Å²) in [6, 6.07) is -0.415. The zero-order chi connectivity index (χ0) is 16.7. The maximum atomic E-state index is 12.4. The van der Waals surface area contributed by atoms with Gasteiger partial charge in [-0.05, 0) is 12.3 Å². The van der Waals surface area contributed by atoms with Crippen LogP contribution in [0.5, 0.6) is 0 Å². The van der Waals surface area contributed by atoms with Gasteiger partial charge in [0.2, 0.25) is 11.8 Å². The Labute approximate surface area is 138 Å². The fourth-order valence-electron chi connectivity index (χ4n) is 3.30. The summed E-state index contributed by atoms with van der Waals surface area (Å²) in [6.45, 7) is 2.02. The van der Waals surface area contributed by atoms with Gasteiger partial charge in [0.25, 0.3) is 0 Å². The summed E-state index contributed by atoms with van der Waals surface area (Å²) < 4.78 is 1.94. The van der Waals surface area contributed by atoms with Gasteiger partial charge in [-0.15, -0.1) is 0 Å². The first kappa shape index (κ1) is 17.5. The predicted octanol–water partition coefficient (Wildman–Crippen LogP) is 1.55. The Morgan fingerprint density at radius 2 is 2.09 bits per heavy atom. The van der Waals surface area contributed by atoms with E-state index in [1.807, 2.05) is 11.6 Å². The van der Waals surface area contributed by atoms with Crippen molar-refractivity contribution in [1.82, 2.24) is 20.2 Å². The van der Waals surface area contributed by atoms with Crippen LogP contribution in [0.2, 0.25) is 0 Å². The number of rotatable bonds is 7. The monoisotopic (exact) mass is 320 g/mol. The maximum Gasteiger partial charge on any atom is 0.242 e. The van der Waals surface area contributed by atoms with E-state index in [2.05, 4.69) is 15.6 Å². The number of aromatic nitrogens is 2. The highest BCUT2D eigenvalue weighted by Gasteiger charge is 2.24. The zero-order valence-corrected chi connectivity index (χ0v) is 14.2. The van der Waals surface area contributed by atoms with Crippen molar-refractivity contribution in [3.8, 4) is 0 Å². The molecule has 1 aliphatic carbocycles. The SMILES string of the molecule is CC(=O)NC(CC1CCCCC1)C(=O)NCCc1cncn1C. The summed E-state index contributed by atoms with van der Waals surface area (Å²) in [4.78, 5) is 27.9. The van der Waals surface area contributed by atoms with Gasteiger partial charge >= 0.3 is 0 Å². The summed E-state index contributed by atoms with van der Waals surface area (Å²) in [5.74, 6) is 0.323. The first-order valence-electron chi connectivity index (χ1n) is 8.56. The van der Waals surface area contributed by atoms with Crippen molar-refractivity contribution in [2.45, 2.75) is 57.9 Å². The fourth-order valence-corrected chi connectivity index (χ4v) is 3.30. The molecule has 1 aliphatic rings. The average molecular weight is 320 g/mol. The molecule has 1 aromatic heterocycles. The Morgan fingerprint density at radius 3 is 2.70 bits per heavy atom. The zero-order valence-electron chi connectivity index (χ0n) is 14.2. The molecule has 1 unspecified atom stereocenters. The van der Waals surface area contributed by atoms with E-state index >= 15 is 0 Å². The lowest BCUT2D eigenvalue weighted by Gasteiger charge is -2.26. The highest BCUT2D eigenvalue weighted by Crippen LogP contribution is 2.27. The third-order valence-electron chi connectivity index (χ3n) is 4.58. The normalized spacial score (nSPS) is 16.8. The van der Waals surface area contributed by atoms with Crippen molar-refractivity contribution in [2.24, 2.45) is 13.0 Å². The summed E-state index contributed by atoms with van der Waals surface area (Å²) >= 11 is 0.